The summed E-state index contributed by atoms with van der Waals surface area (Å²) in [6, 6.07) is 0.268. The van der Waals surface area contributed by atoms with Gasteiger partial charge >= 0.3 is 0 Å². The maximum Gasteiger partial charge on any atom is 0.262 e. The van der Waals surface area contributed by atoms with Crippen molar-refractivity contribution in [3.63, 3.8) is 0 Å². The van der Waals surface area contributed by atoms with Crippen molar-refractivity contribution < 1.29 is 4.79 Å². The standard InChI is InChI=1S/C19H25N3O2S/c1-12-6-7-14-15(9-12)25-18-17(14)19(24)21(11-20-18)10-16(23)22-8-4-3-5-13(22)2/h11-13H,3-10H2,1-2H3/t12-,13+/m0/s1. The van der Waals surface area contributed by atoms with Crippen LogP contribution in [0.25, 0.3) is 10.2 Å². The molecule has 6 heteroatoms. The lowest BCUT2D eigenvalue weighted by Crippen LogP contribution is -2.44. The van der Waals surface area contributed by atoms with Gasteiger partial charge in [-0.1, -0.05) is 6.92 Å². The molecule has 0 unspecified atom stereocenters. The number of hydrogen-bond acceptors (Lipinski definition) is 4. The number of carbonyl (C=O) groups excluding carboxylic acids is 1. The first-order valence-electron chi connectivity index (χ1n) is 9.33. The quantitative estimate of drug-likeness (QED) is 0.828. The molecule has 2 aromatic rings. The lowest BCUT2D eigenvalue weighted by Gasteiger charge is -2.33. The lowest BCUT2D eigenvalue weighted by molar-refractivity contribution is -0.135. The fraction of sp³-hybridized carbons (Fsp3) is 0.632. The third-order valence-electron chi connectivity index (χ3n) is 5.71. The molecule has 1 aliphatic heterocycles. The Balaban J connectivity index is 1.65. The van der Waals surface area contributed by atoms with Crippen LogP contribution in [0, 0.1) is 5.92 Å². The summed E-state index contributed by atoms with van der Waals surface area (Å²) in [6.45, 7) is 5.26. The van der Waals surface area contributed by atoms with Gasteiger partial charge in [0.05, 0.1) is 11.7 Å². The van der Waals surface area contributed by atoms with Gasteiger partial charge in [-0.3, -0.25) is 14.2 Å². The van der Waals surface area contributed by atoms with Gasteiger partial charge in [0.25, 0.3) is 5.56 Å². The van der Waals surface area contributed by atoms with Crippen LogP contribution >= 0.6 is 11.3 Å². The molecule has 1 fully saturated rings. The maximum absolute atomic E-state index is 13.0. The van der Waals surface area contributed by atoms with Crippen LogP contribution in [0.2, 0.25) is 0 Å². The molecule has 0 radical (unpaired) electrons. The first-order chi connectivity index (χ1) is 12.0. The van der Waals surface area contributed by atoms with Crippen molar-refractivity contribution in [2.45, 2.75) is 65.0 Å². The number of rotatable bonds is 2. The Hall–Kier alpha value is -1.69. The average molecular weight is 359 g/mol. The molecule has 1 amide bonds. The number of thiophene rings is 1. The Labute approximate surface area is 151 Å². The molecular weight excluding hydrogens is 334 g/mol. The van der Waals surface area contributed by atoms with Crippen molar-refractivity contribution in [1.82, 2.24) is 14.5 Å². The minimum Gasteiger partial charge on any atom is -0.338 e. The van der Waals surface area contributed by atoms with E-state index >= 15 is 0 Å². The Bertz CT molecular complexity index is 869. The molecule has 0 saturated carbocycles. The number of amides is 1. The molecule has 1 saturated heterocycles. The van der Waals surface area contributed by atoms with E-state index in [1.165, 1.54) is 21.4 Å². The molecule has 4 rings (SSSR count). The Morgan fingerprint density at radius 1 is 1.32 bits per heavy atom. The van der Waals surface area contributed by atoms with Crippen molar-refractivity contribution in [3.8, 4) is 0 Å². The summed E-state index contributed by atoms with van der Waals surface area (Å²) in [5.74, 6) is 0.707. The summed E-state index contributed by atoms with van der Waals surface area (Å²) in [5, 5.41) is 0.758. The fourth-order valence-corrected chi connectivity index (χ4v) is 5.52. The van der Waals surface area contributed by atoms with Crippen molar-refractivity contribution in [3.05, 3.63) is 27.1 Å². The third-order valence-corrected chi connectivity index (χ3v) is 6.87. The molecule has 25 heavy (non-hydrogen) atoms. The number of likely N-dealkylation sites (tertiary alicyclic amines) is 1. The minimum absolute atomic E-state index is 0.0353. The SMILES string of the molecule is C[C@H]1CCc2c(sc3ncn(CC(=O)N4CCCC[C@H]4C)c(=O)c23)C1. The molecular formula is C19H25N3O2S. The van der Waals surface area contributed by atoms with E-state index in [4.69, 9.17) is 0 Å². The van der Waals surface area contributed by atoms with E-state index in [-0.39, 0.29) is 24.1 Å². The van der Waals surface area contributed by atoms with Gasteiger partial charge in [0.2, 0.25) is 5.91 Å². The van der Waals surface area contributed by atoms with Crippen LogP contribution in [0.3, 0.4) is 0 Å². The molecule has 134 valence electrons. The molecule has 0 aromatic carbocycles. The van der Waals surface area contributed by atoms with E-state index in [0.29, 0.717) is 5.92 Å². The molecule has 2 aliphatic rings. The van der Waals surface area contributed by atoms with Gasteiger partial charge in [-0.25, -0.2) is 4.98 Å². The highest BCUT2D eigenvalue weighted by Gasteiger charge is 2.26. The number of carbonyl (C=O) groups is 1. The molecule has 1 aliphatic carbocycles. The van der Waals surface area contributed by atoms with Crippen LogP contribution < -0.4 is 5.56 Å². The Kier molecular flexibility index (Phi) is 4.40. The second-order valence-electron chi connectivity index (χ2n) is 7.64. The first kappa shape index (κ1) is 16.8. The van der Waals surface area contributed by atoms with E-state index in [2.05, 4.69) is 18.8 Å². The molecule has 3 heterocycles. The monoisotopic (exact) mass is 359 g/mol. The second kappa shape index (κ2) is 6.56. The molecule has 0 spiro atoms. The Morgan fingerprint density at radius 3 is 2.96 bits per heavy atom. The van der Waals surface area contributed by atoms with E-state index in [0.717, 1.165) is 48.9 Å². The second-order valence-corrected chi connectivity index (χ2v) is 8.73. The average Bonchev–Trinajstić information content (AvgIpc) is 2.95. The van der Waals surface area contributed by atoms with Gasteiger partial charge in [0, 0.05) is 17.5 Å². The maximum atomic E-state index is 13.0. The number of nitrogens with zero attached hydrogens (tertiary/aromatic N) is 3. The predicted molar refractivity (Wildman–Crippen MR) is 100 cm³/mol. The van der Waals surface area contributed by atoms with Crippen molar-refractivity contribution >= 4 is 27.5 Å². The van der Waals surface area contributed by atoms with Crippen molar-refractivity contribution in [2.75, 3.05) is 6.54 Å². The zero-order valence-electron chi connectivity index (χ0n) is 15.0. The van der Waals surface area contributed by atoms with Crippen LogP contribution in [-0.4, -0.2) is 32.9 Å². The van der Waals surface area contributed by atoms with Crippen LogP contribution in [0.15, 0.2) is 11.1 Å². The number of hydrogen-bond donors (Lipinski definition) is 0. The first-order valence-corrected chi connectivity index (χ1v) is 10.2. The topological polar surface area (TPSA) is 55.2 Å². The summed E-state index contributed by atoms with van der Waals surface area (Å²) in [7, 11) is 0. The lowest BCUT2D eigenvalue weighted by atomic mass is 9.89. The molecule has 2 aromatic heterocycles. The summed E-state index contributed by atoms with van der Waals surface area (Å²) in [4.78, 5) is 34.2. The number of aryl methyl sites for hydroxylation is 1. The largest absolute Gasteiger partial charge is 0.338 e. The Morgan fingerprint density at radius 2 is 2.16 bits per heavy atom. The van der Waals surface area contributed by atoms with Gasteiger partial charge in [0.15, 0.2) is 0 Å². The molecule has 0 bridgehead atoms. The minimum atomic E-state index is -0.0462. The zero-order chi connectivity index (χ0) is 17.6. The van der Waals surface area contributed by atoms with E-state index in [9.17, 15) is 9.59 Å². The summed E-state index contributed by atoms with van der Waals surface area (Å²) >= 11 is 1.65. The predicted octanol–water partition coefficient (Wildman–Crippen LogP) is 2.98. The summed E-state index contributed by atoms with van der Waals surface area (Å²) < 4.78 is 1.51. The smallest absolute Gasteiger partial charge is 0.262 e. The van der Waals surface area contributed by atoms with Crippen molar-refractivity contribution in [1.29, 1.82) is 0 Å². The third kappa shape index (κ3) is 3.01. The van der Waals surface area contributed by atoms with Gasteiger partial charge < -0.3 is 4.90 Å². The molecule has 2 atom stereocenters. The van der Waals surface area contributed by atoms with Gasteiger partial charge in [-0.15, -0.1) is 11.3 Å². The number of piperidine rings is 1. The summed E-state index contributed by atoms with van der Waals surface area (Å²) in [6.07, 6.45) is 7.96. The van der Waals surface area contributed by atoms with Crippen LogP contribution in [0.4, 0.5) is 0 Å². The van der Waals surface area contributed by atoms with Crippen LogP contribution in [-0.2, 0) is 24.2 Å². The van der Waals surface area contributed by atoms with E-state index < -0.39 is 0 Å². The molecule has 5 nitrogen and oxygen atoms in total. The highest BCUT2D eigenvalue weighted by atomic mass is 32.1. The van der Waals surface area contributed by atoms with Gasteiger partial charge in [-0.2, -0.15) is 0 Å². The highest BCUT2D eigenvalue weighted by molar-refractivity contribution is 7.18. The van der Waals surface area contributed by atoms with Crippen LogP contribution in [0.1, 0.15) is 50.0 Å². The van der Waals surface area contributed by atoms with Gasteiger partial charge in [-0.05, 0) is 56.9 Å². The number of aromatic nitrogens is 2. The van der Waals surface area contributed by atoms with Crippen LogP contribution in [0.5, 0.6) is 0 Å². The molecule has 0 N–H and O–H groups in total. The van der Waals surface area contributed by atoms with E-state index in [1.807, 2.05) is 4.90 Å². The highest BCUT2D eigenvalue weighted by Crippen LogP contribution is 2.35. The van der Waals surface area contributed by atoms with E-state index in [1.54, 1.807) is 17.7 Å². The van der Waals surface area contributed by atoms with Gasteiger partial charge in [0.1, 0.15) is 11.4 Å². The fourth-order valence-electron chi connectivity index (χ4n) is 4.18. The zero-order valence-corrected chi connectivity index (χ0v) is 15.8. The summed E-state index contributed by atoms with van der Waals surface area (Å²) in [5.41, 5.74) is 1.14. The number of fused-ring (bicyclic) bond motifs is 3. The normalized spacial score (nSPS) is 23.7. The van der Waals surface area contributed by atoms with Crippen molar-refractivity contribution in [2.24, 2.45) is 5.92 Å².